The Hall–Kier alpha value is -1.72. The molecular formula is C18H21N3OS. The van der Waals surface area contributed by atoms with Crippen LogP contribution in [0.4, 0.5) is 0 Å². The van der Waals surface area contributed by atoms with Gasteiger partial charge in [-0.25, -0.2) is 0 Å². The largest absolute Gasteiger partial charge is 0.352 e. The van der Waals surface area contributed by atoms with E-state index in [-0.39, 0.29) is 11.8 Å². The van der Waals surface area contributed by atoms with Gasteiger partial charge in [-0.1, -0.05) is 6.07 Å². The van der Waals surface area contributed by atoms with Gasteiger partial charge in [0.15, 0.2) is 0 Å². The van der Waals surface area contributed by atoms with Crippen molar-refractivity contribution >= 4 is 17.2 Å². The van der Waals surface area contributed by atoms with Crippen LogP contribution in [0.15, 0.2) is 29.9 Å². The zero-order chi connectivity index (χ0) is 15.6. The van der Waals surface area contributed by atoms with Gasteiger partial charge in [-0.05, 0) is 47.4 Å². The lowest BCUT2D eigenvalue weighted by molar-refractivity contribution is -0.122. The predicted octanol–water partition coefficient (Wildman–Crippen LogP) is 2.73. The predicted molar refractivity (Wildman–Crippen MR) is 90.9 cm³/mol. The van der Waals surface area contributed by atoms with Crippen molar-refractivity contribution in [3.05, 3.63) is 51.5 Å². The Morgan fingerprint density at radius 1 is 1.39 bits per heavy atom. The Labute approximate surface area is 140 Å². The van der Waals surface area contributed by atoms with Crippen LogP contribution >= 0.6 is 11.3 Å². The second-order valence-electron chi connectivity index (χ2n) is 6.47. The first-order chi connectivity index (χ1) is 11.3. The number of aromatic nitrogens is 1. The molecule has 0 saturated heterocycles. The maximum Gasteiger partial charge on any atom is 0.223 e. The van der Waals surface area contributed by atoms with E-state index in [0.717, 1.165) is 38.9 Å². The molecule has 1 aliphatic heterocycles. The van der Waals surface area contributed by atoms with E-state index in [1.807, 2.05) is 23.7 Å². The Bertz CT molecular complexity index is 694. The van der Waals surface area contributed by atoms with E-state index in [0.29, 0.717) is 6.54 Å². The minimum absolute atomic E-state index is 0.206. The minimum atomic E-state index is 0.206. The van der Waals surface area contributed by atoms with E-state index in [4.69, 9.17) is 0 Å². The summed E-state index contributed by atoms with van der Waals surface area (Å²) in [5.41, 5.74) is 3.89. The van der Waals surface area contributed by atoms with E-state index in [1.54, 1.807) is 0 Å². The zero-order valence-corrected chi connectivity index (χ0v) is 13.9. The molecule has 120 valence electrons. The van der Waals surface area contributed by atoms with Crippen LogP contribution < -0.4 is 5.32 Å². The number of nitrogens with one attached hydrogen (secondary N) is 1. The number of carbonyl (C=O) groups is 1. The molecule has 2 aliphatic rings. The van der Waals surface area contributed by atoms with Crippen LogP contribution in [-0.2, 0) is 30.8 Å². The van der Waals surface area contributed by atoms with Crippen LogP contribution in [0.1, 0.15) is 34.4 Å². The highest BCUT2D eigenvalue weighted by Crippen LogP contribution is 2.29. The Morgan fingerprint density at radius 3 is 3.09 bits per heavy atom. The zero-order valence-electron chi connectivity index (χ0n) is 13.1. The van der Waals surface area contributed by atoms with Gasteiger partial charge < -0.3 is 5.32 Å². The van der Waals surface area contributed by atoms with Crippen LogP contribution in [0, 0.1) is 5.92 Å². The molecule has 5 heteroatoms. The Morgan fingerprint density at radius 2 is 2.30 bits per heavy atom. The lowest BCUT2D eigenvalue weighted by atomic mass is 9.97. The van der Waals surface area contributed by atoms with Gasteiger partial charge >= 0.3 is 0 Å². The first-order valence-corrected chi connectivity index (χ1v) is 9.14. The van der Waals surface area contributed by atoms with Crippen molar-refractivity contribution in [1.29, 1.82) is 0 Å². The molecule has 0 spiro atoms. The first-order valence-electron chi connectivity index (χ1n) is 8.26. The molecule has 1 saturated carbocycles. The minimum Gasteiger partial charge on any atom is -0.352 e. The number of hydrogen-bond acceptors (Lipinski definition) is 4. The summed E-state index contributed by atoms with van der Waals surface area (Å²) < 4.78 is 0. The highest BCUT2D eigenvalue weighted by atomic mass is 32.1. The molecule has 1 fully saturated rings. The molecule has 4 rings (SSSR count). The van der Waals surface area contributed by atoms with Crippen LogP contribution in [0.2, 0.25) is 0 Å². The molecule has 23 heavy (non-hydrogen) atoms. The van der Waals surface area contributed by atoms with Crippen molar-refractivity contribution in [2.45, 2.75) is 38.9 Å². The summed E-state index contributed by atoms with van der Waals surface area (Å²) in [6, 6.07) is 4.31. The molecule has 2 aromatic heterocycles. The summed E-state index contributed by atoms with van der Waals surface area (Å²) in [4.78, 5) is 20.1. The molecule has 0 radical (unpaired) electrons. The summed E-state index contributed by atoms with van der Waals surface area (Å²) in [6.45, 7) is 3.65. The second kappa shape index (κ2) is 6.42. The summed E-state index contributed by atoms with van der Waals surface area (Å²) in [5, 5.41) is 5.20. The lowest BCUT2D eigenvalue weighted by Crippen LogP contribution is -2.32. The van der Waals surface area contributed by atoms with Crippen molar-refractivity contribution in [2.24, 2.45) is 5.92 Å². The summed E-state index contributed by atoms with van der Waals surface area (Å²) in [6.07, 6.45) is 7.05. The number of rotatable bonds is 5. The molecule has 2 aromatic rings. The van der Waals surface area contributed by atoms with Crippen molar-refractivity contribution in [3.63, 3.8) is 0 Å². The molecule has 1 N–H and O–H groups in total. The standard InChI is InChI=1S/C18H21N3OS/c22-18(13-3-4-13)20-10-14-8-19-9-15-11-21(6-5-17(14)15)12-16-2-1-7-23-16/h1-2,7-9,13H,3-6,10-12H2,(H,20,22). The molecule has 0 bridgehead atoms. The number of amides is 1. The van der Waals surface area contributed by atoms with Gasteiger partial charge in [-0.2, -0.15) is 0 Å². The fourth-order valence-electron chi connectivity index (χ4n) is 3.21. The van der Waals surface area contributed by atoms with Crippen molar-refractivity contribution in [2.75, 3.05) is 6.54 Å². The number of hydrogen-bond donors (Lipinski definition) is 1. The molecule has 0 unspecified atom stereocenters. The monoisotopic (exact) mass is 327 g/mol. The first kappa shape index (κ1) is 14.8. The molecular weight excluding hydrogens is 306 g/mol. The number of nitrogens with zero attached hydrogens (tertiary/aromatic N) is 2. The SMILES string of the molecule is O=C(NCc1cncc2c1CCN(Cc1cccs1)C2)C1CC1. The van der Waals surface area contributed by atoms with E-state index >= 15 is 0 Å². The average molecular weight is 327 g/mol. The fraction of sp³-hybridized carbons (Fsp3) is 0.444. The Balaban J connectivity index is 1.42. The van der Waals surface area contributed by atoms with E-state index in [1.165, 1.54) is 21.6 Å². The molecule has 3 heterocycles. The number of fused-ring (bicyclic) bond motifs is 1. The maximum atomic E-state index is 11.8. The van der Waals surface area contributed by atoms with Crippen LogP contribution in [0.3, 0.4) is 0 Å². The third kappa shape index (κ3) is 3.46. The van der Waals surface area contributed by atoms with Crippen LogP contribution in [0.5, 0.6) is 0 Å². The second-order valence-corrected chi connectivity index (χ2v) is 7.50. The average Bonchev–Trinajstić information content (AvgIpc) is 3.30. The van der Waals surface area contributed by atoms with Gasteiger partial charge in [-0.15, -0.1) is 11.3 Å². The summed E-state index contributed by atoms with van der Waals surface area (Å²) in [7, 11) is 0. The third-order valence-electron chi connectivity index (χ3n) is 4.67. The van der Waals surface area contributed by atoms with Gasteiger partial charge in [0.2, 0.25) is 5.91 Å². The highest BCUT2D eigenvalue weighted by molar-refractivity contribution is 7.09. The third-order valence-corrected chi connectivity index (χ3v) is 5.53. The molecule has 0 aromatic carbocycles. The van der Waals surface area contributed by atoms with Crippen LogP contribution in [0.25, 0.3) is 0 Å². The van der Waals surface area contributed by atoms with Gasteiger partial charge in [0.25, 0.3) is 0 Å². The summed E-state index contributed by atoms with van der Waals surface area (Å²) >= 11 is 1.82. The molecule has 0 atom stereocenters. The quantitative estimate of drug-likeness (QED) is 0.918. The van der Waals surface area contributed by atoms with Gasteiger partial charge in [-0.3, -0.25) is 14.7 Å². The topological polar surface area (TPSA) is 45.2 Å². The van der Waals surface area contributed by atoms with E-state index < -0.39 is 0 Å². The normalized spacial score (nSPS) is 17.7. The van der Waals surface area contributed by atoms with Gasteiger partial charge in [0.1, 0.15) is 0 Å². The van der Waals surface area contributed by atoms with Crippen molar-refractivity contribution in [1.82, 2.24) is 15.2 Å². The molecule has 4 nitrogen and oxygen atoms in total. The maximum absolute atomic E-state index is 11.8. The van der Waals surface area contributed by atoms with Crippen molar-refractivity contribution < 1.29 is 4.79 Å². The lowest BCUT2D eigenvalue weighted by Gasteiger charge is -2.29. The van der Waals surface area contributed by atoms with Gasteiger partial charge in [0.05, 0.1) is 0 Å². The number of thiophene rings is 1. The van der Waals surface area contributed by atoms with Gasteiger partial charge in [0, 0.05) is 49.4 Å². The number of pyridine rings is 1. The van der Waals surface area contributed by atoms with Crippen molar-refractivity contribution in [3.8, 4) is 0 Å². The highest BCUT2D eigenvalue weighted by Gasteiger charge is 2.29. The number of carbonyl (C=O) groups excluding carboxylic acids is 1. The van der Waals surface area contributed by atoms with E-state index in [9.17, 15) is 4.79 Å². The van der Waals surface area contributed by atoms with Crippen LogP contribution in [-0.4, -0.2) is 22.3 Å². The fourth-order valence-corrected chi connectivity index (χ4v) is 3.96. The smallest absolute Gasteiger partial charge is 0.223 e. The Kier molecular flexibility index (Phi) is 4.14. The molecule has 1 aliphatic carbocycles. The summed E-state index contributed by atoms with van der Waals surface area (Å²) in [5.74, 6) is 0.474. The van der Waals surface area contributed by atoms with E-state index in [2.05, 4.69) is 32.7 Å². The molecule has 1 amide bonds.